The summed E-state index contributed by atoms with van der Waals surface area (Å²) in [6, 6.07) is 12.2. The molecule has 2 aromatic rings. The fourth-order valence-corrected chi connectivity index (χ4v) is 3.51. The Morgan fingerprint density at radius 1 is 1.21 bits per heavy atom. The number of nitrogens with one attached hydrogen (secondary N) is 1. The topological polar surface area (TPSA) is 45.2 Å². The molecular formula is C20H25N3O. The van der Waals surface area contributed by atoms with E-state index in [9.17, 15) is 4.79 Å². The normalized spacial score (nSPS) is 15.8. The molecule has 0 aliphatic heterocycles. The molecule has 0 saturated heterocycles. The lowest BCUT2D eigenvalue weighted by Gasteiger charge is -2.23. The van der Waals surface area contributed by atoms with Crippen LogP contribution >= 0.6 is 0 Å². The maximum Gasteiger partial charge on any atom is 0.227 e. The summed E-state index contributed by atoms with van der Waals surface area (Å²) in [4.78, 5) is 19.4. The van der Waals surface area contributed by atoms with E-state index < -0.39 is 0 Å². The minimum Gasteiger partial charge on any atom is -0.357 e. The highest BCUT2D eigenvalue weighted by molar-refractivity contribution is 5.85. The third kappa shape index (κ3) is 3.28. The molecule has 1 amide bonds. The number of benzene rings is 1. The summed E-state index contributed by atoms with van der Waals surface area (Å²) in [5.41, 5.74) is 3.56. The number of fused-ring (bicyclic) bond motifs is 1. The zero-order chi connectivity index (χ0) is 16.9. The first kappa shape index (κ1) is 16.5. The van der Waals surface area contributed by atoms with Gasteiger partial charge in [-0.05, 0) is 43.9 Å². The lowest BCUT2D eigenvalue weighted by molar-refractivity contribution is -0.122. The van der Waals surface area contributed by atoms with Crippen molar-refractivity contribution in [1.29, 1.82) is 0 Å². The van der Waals surface area contributed by atoms with Gasteiger partial charge in [-0.3, -0.25) is 4.79 Å². The lowest BCUT2D eigenvalue weighted by atomic mass is 10.0. The molecule has 4 heteroatoms. The second-order valence-electron chi connectivity index (χ2n) is 6.17. The van der Waals surface area contributed by atoms with Crippen molar-refractivity contribution in [2.75, 3.05) is 18.0 Å². The zero-order valence-corrected chi connectivity index (χ0v) is 14.5. The van der Waals surface area contributed by atoms with Crippen LogP contribution in [0.2, 0.25) is 0 Å². The standard InChI is InChI=1S/C20H25N3O/c1-3-23(4-2)19-16(9-7-13-21-19)14-22-20(24)18-12-11-15-8-5-6-10-17(15)18/h5-10,13,18H,3-4,11-12,14H2,1-2H3,(H,22,24). The van der Waals surface area contributed by atoms with E-state index in [4.69, 9.17) is 0 Å². The van der Waals surface area contributed by atoms with Crippen molar-refractivity contribution >= 4 is 11.7 Å². The number of aryl methyl sites for hydroxylation is 1. The molecule has 126 valence electrons. The maximum absolute atomic E-state index is 12.7. The highest BCUT2D eigenvalue weighted by atomic mass is 16.1. The summed E-state index contributed by atoms with van der Waals surface area (Å²) in [5.74, 6) is 1.07. The van der Waals surface area contributed by atoms with Crippen molar-refractivity contribution in [2.24, 2.45) is 0 Å². The molecular weight excluding hydrogens is 298 g/mol. The molecule has 1 aromatic carbocycles. The fourth-order valence-electron chi connectivity index (χ4n) is 3.51. The number of hydrogen-bond acceptors (Lipinski definition) is 3. The van der Waals surface area contributed by atoms with Crippen LogP contribution in [0.4, 0.5) is 5.82 Å². The van der Waals surface area contributed by atoms with E-state index in [0.717, 1.165) is 37.3 Å². The van der Waals surface area contributed by atoms with Crippen molar-refractivity contribution in [3.63, 3.8) is 0 Å². The predicted octanol–water partition coefficient (Wildman–Crippen LogP) is 3.27. The Labute approximate surface area is 143 Å². The first-order valence-corrected chi connectivity index (χ1v) is 8.79. The van der Waals surface area contributed by atoms with Crippen molar-refractivity contribution in [3.8, 4) is 0 Å². The molecule has 1 atom stereocenters. The number of pyridine rings is 1. The predicted molar refractivity (Wildman–Crippen MR) is 97.1 cm³/mol. The number of carbonyl (C=O) groups is 1. The van der Waals surface area contributed by atoms with Crippen LogP contribution in [0.15, 0.2) is 42.6 Å². The Hall–Kier alpha value is -2.36. The lowest BCUT2D eigenvalue weighted by Crippen LogP contribution is -2.30. The number of carbonyl (C=O) groups excluding carboxylic acids is 1. The molecule has 0 bridgehead atoms. The minimum atomic E-state index is -0.0187. The van der Waals surface area contributed by atoms with Crippen LogP contribution in [0.25, 0.3) is 0 Å². The van der Waals surface area contributed by atoms with E-state index in [0.29, 0.717) is 6.54 Å². The largest absolute Gasteiger partial charge is 0.357 e. The fraction of sp³-hybridized carbons (Fsp3) is 0.400. The molecule has 1 heterocycles. The van der Waals surface area contributed by atoms with Crippen LogP contribution < -0.4 is 10.2 Å². The van der Waals surface area contributed by atoms with Gasteiger partial charge in [-0.1, -0.05) is 30.3 Å². The van der Waals surface area contributed by atoms with Crippen LogP contribution in [0.5, 0.6) is 0 Å². The van der Waals surface area contributed by atoms with Gasteiger partial charge < -0.3 is 10.2 Å². The monoisotopic (exact) mass is 323 g/mol. The van der Waals surface area contributed by atoms with Gasteiger partial charge in [0.1, 0.15) is 5.82 Å². The summed E-state index contributed by atoms with van der Waals surface area (Å²) in [5, 5.41) is 3.12. The van der Waals surface area contributed by atoms with E-state index in [1.54, 1.807) is 0 Å². The Morgan fingerprint density at radius 2 is 2.00 bits per heavy atom. The zero-order valence-electron chi connectivity index (χ0n) is 14.5. The average Bonchev–Trinajstić information content (AvgIpc) is 3.06. The van der Waals surface area contributed by atoms with Gasteiger partial charge in [-0.2, -0.15) is 0 Å². The molecule has 1 aliphatic carbocycles. The van der Waals surface area contributed by atoms with Gasteiger partial charge >= 0.3 is 0 Å². The number of nitrogens with zero attached hydrogens (tertiary/aromatic N) is 2. The highest BCUT2D eigenvalue weighted by Crippen LogP contribution is 2.33. The Kier molecular flexibility index (Phi) is 5.14. The molecule has 1 aromatic heterocycles. The van der Waals surface area contributed by atoms with Crippen LogP contribution in [-0.4, -0.2) is 24.0 Å². The van der Waals surface area contributed by atoms with Crippen LogP contribution in [0.1, 0.15) is 42.9 Å². The molecule has 1 unspecified atom stereocenters. The summed E-state index contributed by atoms with van der Waals surface area (Å²) in [6.07, 6.45) is 3.71. The molecule has 4 nitrogen and oxygen atoms in total. The van der Waals surface area contributed by atoms with Gasteiger partial charge in [-0.15, -0.1) is 0 Å². The smallest absolute Gasteiger partial charge is 0.227 e. The Morgan fingerprint density at radius 3 is 2.79 bits per heavy atom. The minimum absolute atomic E-state index is 0.0187. The first-order chi connectivity index (χ1) is 11.7. The van der Waals surface area contributed by atoms with Crippen molar-refractivity contribution in [3.05, 3.63) is 59.3 Å². The molecule has 0 radical (unpaired) electrons. The number of hydrogen-bond donors (Lipinski definition) is 1. The maximum atomic E-state index is 12.7. The Bertz CT molecular complexity index is 710. The van der Waals surface area contributed by atoms with Gasteiger partial charge in [0, 0.05) is 31.4 Å². The summed E-state index contributed by atoms with van der Waals surface area (Å²) in [7, 11) is 0. The average molecular weight is 323 g/mol. The summed E-state index contributed by atoms with van der Waals surface area (Å²) >= 11 is 0. The van der Waals surface area contributed by atoms with E-state index in [1.165, 1.54) is 11.1 Å². The summed E-state index contributed by atoms with van der Waals surface area (Å²) in [6.45, 7) is 6.58. The van der Waals surface area contributed by atoms with Gasteiger partial charge in [0.2, 0.25) is 5.91 Å². The van der Waals surface area contributed by atoms with Crippen LogP contribution in [0.3, 0.4) is 0 Å². The van der Waals surface area contributed by atoms with Crippen LogP contribution in [0, 0.1) is 0 Å². The van der Waals surface area contributed by atoms with E-state index >= 15 is 0 Å². The molecule has 0 fully saturated rings. The number of rotatable bonds is 6. The van der Waals surface area contributed by atoms with Gasteiger partial charge in [0.05, 0.1) is 5.92 Å². The number of amides is 1. The molecule has 24 heavy (non-hydrogen) atoms. The molecule has 1 aliphatic rings. The van der Waals surface area contributed by atoms with E-state index in [-0.39, 0.29) is 11.8 Å². The molecule has 3 rings (SSSR count). The highest BCUT2D eigenvalue weighted by Gasteiger charge is 2.28. The van der Waals surface area contributed by atoms with Crippen molar-refractivity contribution in [1.82, 2.24) is 10.3 Å². The third-order valence-corrected chi connectivity index (χ3v) is 4.83. The molecule has 1 N–H and O–H groups in total. The number of anilines is 1. The second-order valence-corrected chi connectivity index (χ2v) is 6.17. The van der Waals surface area contributed by atoms with E-state index in [2.05, 4.69) is 41.2 Å². The quantitative estimate of drug-likeness (QED) is 0.887. The third-order valence-electron chi connectivity index (χ3n) is 4.83. The SMILES string of the molecule is CCN(CC)c1ncccc1CNC(=O)C1CCc2ccccc21. The van der Waals surface area contributed by atoms with Crippen molar-refractivity contribution in [2.45, 2.75) is 39.2 Å². The van der Waals surface area contributed by atoms with Crippen molar-refractivity contribution < 1.29 is 4.79 Å². The number of aromatic nitrogens is 1. The molecule has 0 saturated carbocycles. The molecule has 0 spiro atoms. The first-order valence-electron chi connectivity index (χ1n) is 8.79. The van der Waals surface area contributed by atoms with Gasteiger partial charge in [-0.25, -0.2) is 4.98 Å². The van der Waals surface area contributed by atoms with Crippen LogP contribution in [-0.2, 0) is 17.8 Å². The Balaban J connectivity index is 1.70. The van der Waals surface area contributed by atoms with Gasteiger partial charge in [0.25, 0.3) is 0 Å². The van der Waals surface area contributed by atoms with E-state index in [1.807, 2.05) is 30.5 Å². The summed E-state index contributed by atoms with van der Waals surface area (Å²) < 4.78 is 0. The van der Waals surface area contributed by atoms with Gasteiger partial charge in [0.15, 0.2) is 0 Å². The second kappa shape index (κ2) is 7.47.